The van der Waals surface area contributed by atoms with E-state index in [9.17, 15) is 0 Å². The van der Waals surface area contributed by atoms with Gasteiger partial charge in [0.2, 0.25) is 0 Å². The van der Waals surface area contributed by atoms with E-state index in [1.165, 1.54) is 0 Å². The third-order valence-electron chi connectivity index (χ3n) is 0.991. The average Bonchev–Trinajstić information content (AvgIpc) is 1.77. The van der Waals surface area contributed by atoms with Gasteiger partial charge in [0, 0.05) is 12.1 Å². The first-order valence-electron chi connectivity index (χ1n) is 2.41. The number of nitrogens with zero attached hydrogens (tertiary/aromatic N) is 1. The zero-order valence-electron chi connectivity index (χ0n) is 5.01. The highest BCUT2D eigenvalue weighted by Crippen LogP contribution is 1.95. The van der Waals surface area contributed by atoms with Crippen molar-refractivity contribution < 1.29 is 17.0 Å². The van der Waals surface area contributed by atoms with Gasteiger partial charge >= 0.3 is 0 Å². The summed E-state index contributed by atoms with van der Waals surface area (Å²) in [4.78, 5) is 0. The quantitative estimate of drug-likeness (QED) is 0.313. The van der Waals surface area contributed by atoms with Crippen molar-refractivity contribution in [3.05, 3.63) is 29.5 Å². The van der Waals surface area contributed by atoms with Gasteiger partial charge in [0.05, 0.1) is 0 Å². The summed E-state index contributed by atoms with van der Waals surface area (Å²) in [5.74, 6) is 0. The molecule has 50 valence electrons. The number of hydrogen-bond acceptors (Lipinski definition) is 0. The predicted octanol–water partition coefficient (Wildman–Crippen LogP) is -1.83. The molecule has 0 fully saturated rings. The molecule has 0 aliphatic carbocycles. The van der Waals surface area contributed by atoms with Crippen LogP contribution in [0.4, 0.5) is 0 Å². The standard InChI is InChI=1S/C6H7ClN.ClH/c1-8-5-3-2-4-6(8)7;/h2-5H,1H3;1H/q+1;/p-1. The van der Waals surface area contributed by atoms with E-state index >= 15 is 0 Å². The van der Waals surface area contributed by atoms with Crippen LogP contribution in [0.3, 0.4) is 0 Å². The van der Waals surface area contributed by atoms with E-state index in [0.29, 0.717) is 0 Å². The highest BCUT2D eigenvalue weighted by molar-refractivity contribution is 6.28. The van der Waals surface area contributed by atoms with E-state index in [2.05, 4.69) is 0 Å². The molecule has 0 aliphatic rings. The molecule has 0 aromatic carbocycles. The van der Waals surface area contributed by atoms with Crippen LogP contribution >= 0.6 is 11.6 Å². The molecule has 0 unspecified atom stereocenters. The Morgan fingerprint density at radius 2 is 2.11 bits per heavy atom. The summed E-state index contributed by atoms with van der Waals surface area (Å²) >= 11 is 5.67. The molecule has 1 rings (SSSR count). The molecule has 3 heteroatoms. The first-order chi connectivity index (χ1) is 3.80. The smallest absolute Gasteiger partial charge is 0.274 e. The summed E-state index contributed by atoms with van der Waals surface area (Å²) in [6.07, 6.45) is 1.91. The molecule has 0 bridgehead atoms. The van der Waals surface area contributed by atoms with Gasteiger partial charge in [-0.1, -0.05) is 0 Å². The van der Waals surface area contributed by atoms with E-state index in [1.807, 2.05) is 36.0 Å². The molecular weight excluding hydrogens is 157 g/mol. The van der Waals surface area contributed by atoms with Gasteiger partial charge in [-0.3, -0.25) is 0 Å². The Hall–Kier alpha value is -0.270. The molecule has 0 aliphatic heterocycles. The fourth-order valence-corrected chi connectivity index (χ4v) is 0.632. The molecule has 0 saturated heterocycles. The van der Waals surface area contributed by atoms with Gasteiger partial charge < -0.3 is 12.4 Å². The molecule has 0 N–H and O–H groups in total. The monoisotopic (exact) mass is 163 g/mol. The lowest BCUT2D eigenvalue weighted by atomic mass is 10.5. The van der Waals surface area contributed by atoms with Gasteiger partial charge in [-0.05, 0) is 17.7 Å². The molecule has 9 heavy (non-hydrogen) atoms. The van der Waals surface area contributed by atoms with E-state index in [1.54, 1.807) is 0 Å². The van der Waals surface area contributed by atoms with Gasteiger partial charge in [0.1, 0.15) is 7.05 Å². The van der Waals surface area contributed by atoms with Crippen molar-refractivity contribution in [3.63, 3.8) is 0 Å². The summed E-state index contributed by atoms with van der Waals surface area (Å²) in [7, 11) is 1.91. The Morgan fingerprint density at radius 1 is 1.44 bits per heavy atom. The second kappa shape index (κ2) is 3.70. The third kappa shape index (κ3) is 2.20. The summed E-state index contributed by atoms with van der Waals surface area (Å²) in [5.41, 5.74) is 0. The first kappa shape index (κ1) is 8.73. The molecule has 1 aromatic heterocycles. The van der Waals surface area contributed by atoms with Gasteiger partial charge in [0.25, 0.3) is 5.15 Å². The van der Waals surface area contributed by atoms with E-state index < -0.39 is 0 Å². The maximum atomic E-state index is 5.67. The van der Waals surface area contributed by atoms with E-state index in [-0.39, 0.29) is 12.4 Å². The fraction of sp³-hybridized carbons (Fsp3) is 0.167. The average molecular weight is 164 g/mol. The Labute approximate surface area is 65.7 Å². The Balaban J connectivity index is 0.000000640. The van der Waals surface area contributed by atoms with Crippen molar-refractivity contribution in [1.29, 1.82) is 0 Å². The van der Waals surface area contributed by atoms with Gasteiger partial charge in [-0.25, -0.2) is 0 Å². The van der Waals surface area contributed by atoms with Crippen LogP contribution in [-0.4, -0.2) is 0 Å². The molecule has 0 atom stereocenters. The maximum Gasteiger partial charge on any atom is 0.274 e. The molecule has 0 saturated carbocycles. The van der Waals surface area contributed by atoms with Gasteiger partial charge in [0.15, 0.2) is 6.20 Å². The molecule has 0 spiro atoms. The van der Waals surface area contributed by atoms with Crippen molar-refractivity contribution in [2.24, 2.45) is 7.05 Å². The second-order valence-corrected chi connectivity index (χ2v) is 2.02. The zero-order valence-corrected chi connectivity index (χ0v) is 6.52. The number of halogens is 2. The Morgan fingerprint density at radius 3 is 2.44 bits per heavy atom. The third-order valence-corrected chi connectivity index (χ3v) is 1.38. The number of aromatic nitrogens is 1. The molecule has 1 heterocycles. The van der Waals surface area contributed by atoms with Crippen LogP contribution in [0.15, 0.2) is 24.4 Å². The van der Waals surface area contributed by atoms with Crippen LogP contribution in [0.1, 0.15) is 0 Å². The van der Waals surface area contributed by atoms with E-state index in [4.69, 9.17) is 11.6 Å². The van der Waals surface area contributed by atoms with Crippen LogP contribution in [-0.2, 0) is 7.05 Å². The zero-order chi connectivity index (χ0) is 5.98. The SMILES string of the molecule is C[n+]1ccccc1Cl.[Cl-]. The summed E-state index contributed by atoms with van der Waals surface area (Å²) in [6.45, 7) is 0. The van der Waals surface area contributed by atoms with Crippen molar-refractivity contribution >= 4 is 11.6 Å². The van der Waals surface area contributed by atoms with Gasteiger partial charge in [-0.2, -0.15) is 4.57 Å². The lowest BCUT2D eigenvalue weighted by Crippen LogP contribution is -3.00. The highest BCUT2D eigenvalue weighted by Gasteiger charge is 1.94. The Bertz CT molecular complexity index is 167. The van der Waals surface area contributed by atoms with Crippen LogP contribution in [0.2, 0.25) is 5.15 Å². The van der Waals surface area contributed by atoms with Crippen LogP contribution < -0.4 is 17.0 Å². The summed E-state index contributed by atoms with van der Waals surface area (Å²) < 4.78 is 1.85. The minimum atomic E-state index is 0. The number of pyridine rings is 1. The summed E-state index contributed by atoms with van der Waals surface area (Å²) in [5, 5.41) is 0.757. The van der Waals surface area contributed by atoms with Crippen molar-refractivity contribution in [3.8, 4) is 0 Å². The molecular formula is C6H7Cl2N. The predicted molar refractivity (Wildman–Crippen MR) is 32.6 cm³/mol. The lowest BCUT2D eigenvalue weighted by Gasteiger charge is -1.84. The Kier molecular flexibility index (Phi) is 3.59. The maximum absolute atomic E-state index is 5.67. The van der Waals surface area contributed by atoms with Crippen molar-refractivity contribution in [2.45, 2.75) is 0 Å². The summed E-state index contributed by atoms with van der Waals surface area (Å²) in [6, 6.07) is 5.69. The molecule has 0 amide bonds. The number of rotatable bonds is 0. The minimum Gasteiger partial charge on any atom is -1.00 e. The first-order valence-corrected chi connectivity index (χ1v) is 2.78. The molecule has 1 aromatic rings. The highest BCUT2D eigenvalue weighted by atomic mass is 35.5. The van der Waals surface area contributed by atoms with Gasteiger partial charge in [-0.15, -0.1) is 0 Å². The van der Waals surface area contributed by atoms with Crippen molar-refractivity contribution in [2.75, 3.05) is 0 Å². The number of aryl methyl sites for hydroxylation is 1. The molecule has 1 nitrogen and oxygen atoms in total. The second-order valence-electron chi connectivity index (χ2n) is 1.63. The molecule has 0 radical (unpaired) electrons. The largest absolute Gasteiger partial charge is 1.00 e. The lowest BCUT2D eigenvalue weighted by molar-refractivity contribution is -0.669. The normalized spacial score (nSPS) is 8.22. The van der Waals surface area contributed by atoms with Crippen LogP contribution in [0.25, 0.3) is 0 Å². The van der Waals surface area contributed by atoms with E-state index in [0.717, 1.165) is 5.15 Å². The minimum absolute atomic E-state index is 0. The van der Waals surface area contributed by atoms with Crippen LogP contribution in [0.5, 0.6) is 0 Å². The topological polar surface area (TPSA) is 3.88 Å². The number of hydrogen-bond donors (Lipinski definition) is 0. The van der Waals surface area contributed by atoms with Crippen molar-refractivity contribution in [1.82, 2.24) is 0 Å². The fourth-order valence-electron chi connectivity index (χ4n) is 0.503. The van der Waals surface area contributed by atoms with Crippen LogP contribution in [0, 0.1) is 0 Å².